The van der Waals surface area contributed by atoms with Crippen LogP contribution in [0.1, 0.15) is 0 Å². The standard InChI is InChI=1S/C15H3IN/c1-2-3-4-5-6-7-8-9-10-11-12-13-14-15-17-16/h17H,1H2/q-1/i/hT. The van der Waals surface area contributed by atoms with Crippen molar-refractivity contribution in [2.45, 2.75) is 0 Å². The fourth-order valence-electron chi connectivity index (χ4n) is 0.406. The molecule has 0 bridgehead atoms. The first-order valence-electron chi connectivity index (χ1n) is 4.44. The minimum atomic E-state index is 0.926. The van der Waals surface area contributed by atoms with Crippen molar-refractivity contribution in [1.82, 2.24) is 3.52 Å². The molecule has 0 rings (SSSR count). The summed E-state index contributed by atoms with van der Waals surface area (Å²) in [5, 5.41) is 0. The predicted molar refractivity (Wildman–Crippen MR) is 76.9 cm³/mol. The van der Waals surface area contributed by atoms with Crippen molar-refractivity contribution in [2.75, 3.05) is 0 Å². The van der Waals surface area contributed by atoms with E-state index >= 15 is 0 Å². The van der Waals surface area contributed by atoms with Gasteiger partial charge >= 0.3 is 0 Å². The van der Waals surface area contributed by atoms with Gasteiger partial charge in [-0.15, -0.1) is 5.92 Å². The van der Waals surface area contributed by atoms with Gasteiger partial charge in [0.1, 0.15) is 0 Å². The lowest BCUT2D eigenvalue weighted by Gasteiger charge is -1.65. The Morgan fingerprint density at radius 1 is 0.706 bits per heavy atom. The van der Waals surface area contributed by atoms with E-state index in [-0.39, 0.29) is 0 Å². The van der Waals surface area contributed by atoms with Crippen molar-refractivity contribution >= 4 is 22.9 Å². The molecule has 0 aromatic carbocycles. The van der Waals surface area contributed by atoms with Crippen molar-refractivity contribution in [2.24, 2.45) is 0 Å². The van der Waals surface area contributed by atoms with Crippen LogP contribution in [0.4, 0.5) is 0 Å². The minimum absolute atomic E-state index is 0.926. The van der Waals surface area contributed by atoms with Gasteiger partial charge in [-0.1, -0.05) is 0 Å². The number of rotatable bonds is 0. The zero-order valence-electron chi connectivity index (χ0n) is 9.53. The number of nitrogens with one attached hydrogen (secondary N) is 1. The highest BCUT2D eigenvalue weighted by Crippen LogP contribution is 1.60. The van der Waals surface area contributed by atoms with Gasteiger partial charge in [0.15, 0.2) is 1.41 Å². The van der Waals surface area contributed by atoms with Crippen LogP contribution in [0, 0.1) is 89.9 Å². The van der Waals surface area contributed by atoms with Crippen LogP contribution in [0.2, 0.25) is 1.41 Å². The maximum atomic E-state index is 6.91. The average molecular weight is 326 g/mol. The van der Waals surface area contributed by atoms with Crippen molar-refractivity contribution < 1.29 is 1.41 Å². The van der Waals surface area contributed by atoms with Crippen LogP contribution in [-0.4, -0.2) is 0 Å². The summed E-state index contributed by atoms with van der Waals surface area (Å²) in [5.74, 6) is 31.9. The fourth-order valence-corrected chi connectivity index (χ4v) is 0.526. The maximum absolute atomic E-state index is 6.91. The van der Waals surface area contributed by atoms with Gasteiger partial charge in [0.25, 0.3) is 0 Å². The molecule has 0 aromatic heterocycles. The highest BCUT2D eigenvalue weighted by Gasteiger charge is 1.57. The summed E-state index contributed by atoms with van der Waals surface area (Å²) >= 11 is 1.70. The Morgan fingerprint density at radius 3 is 1.41 bits per heavy atom. The van der Waals surface area contributed by atoms with Gasteiger partial charge in [-0.2, -0.15) is 6.92 Å². The Balaban J connectivity index is 4.26. The summed E-state index contributed by atoms with van der Waals surface area (Å²) in [5.41, 5.74) is 0. The molecule has 0 fully saturated rings. The molecule has 0 radical (unpaired) electrons. The number of hydrogen-bond acceptors (Lipinski definition) is 1. The second-order valence-corrected chi connectivity index (χ2v) is 2.36. The van der Waals surface area contributed by atoms with Crippen LogP contribution in [0.25, 0.3) is 0 Å². The number of halogens is 1. The molecule has 76 valence electrons. The summed E-state index contributed by atoms with van der Waals surface area (Å²) in [7, 11) is 0. The maximum Gasteiger partial charge on any atom is 0.183 e. The Morgan fingerprint density at radius 2 is 1.06 bits per heavy atom. The first kappa shape index (κ1) is 12.4. The fraction of sp³-hybridized carbons (Fsp3) is 0. The molecular formula is C15H3IN-. The van der Waals surface area contributed by atoms with E-state index in [4.69, 9.17) is 1.41 Å². The Bertz CT molecular complexity index is 712. The minimum Gasteiger partial charge on any atom is -0.287 e. The summed E-state index contributed by atoms with van der Waals surface area (Å²) in [4.78, 5) is 0. The molecule has 0 aliphatic heterocycles. The lowest BCUT2D eigenvalue weighted by atomic mass is 10.5. The highest BCUT2D eigenvalue weighted by molar-refractivity contribution is 14.1. The summed E-state index contributed by atoms with van der Waals surface area (Å²) in [6, 6.07) is 2.39. The first-order chi connectivity index (χ1) is 8.77. The first-order valence-corrected chi connectivity index (χ1v) is 4.96. The Labute approximate surface area is 117 Å². The molecular weight excluding hydrogens is 321 g/mol. The van der Waals surface area contributed by atoms with E-state index in [0.717, 1.165) is 3.52 Å². The molecule has 1 nitrogen and oxygen atoms in total. The van der Waals surface area contributed by atoms with E-state index < -0.39 is 0 Å². The normalized spacial score (nSPS) is 4.88. The van der Waals surface area contributed by atoms with E-state index in [1.165, 1.54) is 0 Å². The van der Waals surface area contributed by atoms with E-state index in [1.807, 2.05) is 0 Å². The zero-order valence-corrected chi connectivity index (χ0v) is 10.7. The van der Waals surface area contributed by atoms with E-state index in [0.29, 0.717) is 0 Å². The third kappa shape index (κ3) is 13.3. The SMILES string of the molecule is [3H]N(I)C#CC#CC#CC#CC#CC#CC#C[CH2-]. The molecule has 17 heavy (non-hydrogen) atoms. The van der Waals surface area contributed by atoms with Crippen LogP contribution >= 0.6 is 22.9 Å². The largest absolute Gasteiger partial charge is 0.287 e. The second-order valence-electron chi connectivity index (χ2n) is 1.87. The molecule has 0 unspecified atom stereocenters. The van der Waals surface area contributed by atoms with E-state index in [1.54, 1.807) is 22.9 Å². The van der Waals surface area contributed by atoms with Gasteiger partial charge < -0.3 is 0 Å². The van der Waals surface area contributed by atoms with Crippen LogP contribution in [0.15, 0.2) is 0 Å². The van der Waals surface area contributed by atoms with Crippen LogP contribution in [0.5, 0.6) is 0 Å². The van der Waals surface area contributed by atoms with Crippen LogP contribution in [-0.2, 0) is 0 Å². The van der Waals surface area contributed by atoms with Crippen molar-refractivity contribution in [3.05, 3.63) is 6.92 Å². The third-order valence-electron chi connectivity index (χ3n) is 0.874. The highest BCUT2D eigenvalue weighted by atomic mass is 127. The summed E-state index contributed by atoms with van der Waals surface area (Å²) in [6.45, 7) is 3.29. The molecule has 0 saturated carbocycles. The molecule has 0 heterocycles. The van der Waals surface area contributed by atoms with Gasteiger partial charge in [0, 0.05) is 35.6 Å². The molecule has 0 atom stereocenters. The third-order valence-corrected chi connectivity index (χ3v) is 1.12. The molecule has 0 spiro atoms. The average Bonchev–Trinajstić information content (AvgIpc) is 2.34. The lowest BCUT2D eigenvalue weighted by Crippen LogP contribution is -1.77. The topological polar surface area (TPSA) is 12.0 Å². The summed E-state index contributed by atoms with van der Waals surface area (Å²) in [6.07, 6.45) is 0. The lowest BCUT2D eigenvalue weighted by molar-refractivity contribution is 1.61. The molecule has 0 aromatic rings. The second kappa shape index (κ2) is 13.3. The van der Waals surface area contributed by atoms with E-state index in [9.17, 15) is 0 Å². The molecule has 2 heteroatoms. The molecule has 0 aliphatic rings. The monoisotopic (exact) mass is 326 g/mol. The molecule has 0 aliphatic carbocycles. The van der Waals surface area contributed by atoms with Gasteiger partial charge in [-0.05, 0) is 29.6 Å². The molecule has 1 N–H and O–H groups in total. The van der Waals surface area contributed by atoms with Gasteiger partial charge in [-0.3, -0.25) is 9.44 Å². The van der Waals surface area contributed by atoms with Gasteiger partial charge in [-0.25, -0.2) is 5.92 Å². The Kier molecular flexibility index (Phi) is 9.71. The Hall–Kier alpha value is -2.68. The van der Waals surface area contributed by atoms with Crippen molar-refractivity contribution in [1.29, 1.82) is 0 Å². The van der Waals surface area contributed by atoms with Crippen molar-refractivity contribution in [3.8, 4) is 83.0 Å². The molecule has 0 saturated heterocycles. The van der Waals surface area contributed by atoms with Gasteiger partial charge in [0.2, 0.25) is 0 Å². The quantitative estimate of drug-likeness (QED) is 0.228. The summed E-state index contributed by atoms with van der Waals surface area (Å²) < 4.78 is 7.84. The van der Waals surface area contributed by atoms with Gasteiger partial charge in [0.05, 0.1) is 22.9 Å². The predicted octanol–water partition coefficient (Wildman–Crippen LogP) is 0.741. The van der Waals surface area contributed by atoms with Crippen LogP contribution in [0.3, 0.4) is 0 Å². The smallest absolute Gasteiger partial charge is 0.183 e. The van der Waals surface area contributed by atoms with Crippen LogP contribution < -0.4 is 3.52 Å². The van der Waals surface area contributed by atoms with E-state index in [2.05, 4.69) is 89.9 Å². The zero-order chi connectivity index (χ0) is 13.5. The number of hydrogen-bond donors (Lipinski definition) is 1. The van der Waals surface area contributed by atoms with Crippen molar-refractivity contribution in [3.63, 3.8) is 0 Å². The molecule has 0 amide bonds.